The fraction of sp³-hybridized carbons (Fsp3) is 0.448. The zero-order valence-corrected chi connectivity index (χ0v) is 23.7. The molecule has 1 aliphatic rings. The summed E-state index contributed by atoms with van der Waals surface area (Å²) in [5.74, 6) is -0.464. The number of carbonyl (C=O) groups is 1. The van der Waals surface area contributed by atoms with Gasteiger partial charge in [-0.15, -0.1) is 13.2 Å². The lowest BCUT2D eigenvalue weighted by Gasteiger charge is -2.42. The highest BCUT2D eigenvalue weighted by atomic mass is 32.1. The minimum atomic E-state index is -4.72. The van der Waals surface area contributed by atoms with Gasteiger partial charge in [-0.1, -0.05) is 0 Å². The van der Waals surface area contributed by atoms with Crippen molar-refractivity contribution in [3.8, 4) is 5.75 Å². The summed E-state index contributed by atoms with van der Waals surface area (Å²) < 4.78 is 42.6. The van der Waals surface area contributed by atoms with Gasteiger partial charge in [0.15, 0.2) is 6.20 Å². The number of anilines is 1. The fourth-order valence-corrected chi connectivity index (χ4v) is 5.93. The van der Waals surface area contributed by atoms with Gasteiger partial charge in [-0.05, 0) is 85.3 Å². The number of halogens is 3. The number of hydrogen-bond donors (Lipinski definition) is 1. The number of pyridine rings is 1. The van der Waals surface area contributed by atoms with Crippen molar-refractivity contribution in [2.45, 2.75) is 65.0 Å². The zero-order valence-electron chi connectivity index (χ0n) is 22.9. The molecule has 1 aliphatic heterocycles. The maximum absolute atomic E-state index is 12.7. The fourth-order valence-electron chi connectivity index (χ4n) is 5.27. The molecule has 0 bridgehead atoms. The number of hydrogen-bond acceptors (Lipinski definition) is 6. The Morgan fingerprint density at radius 3 is 2.52 bits per heavy atom. The number of likely N-dealkylation sites (tertiary alicyclic amines) is 1. The van der Waals surface area contributed by atoms with E-state index in [2.05, 4.69) is 38.2 Å². The molecule has 2 aromatic heterocycles. The van der Waals surface area contributed by atoms with E-state index in [4.69, 9.17) is 0 Å². The number of nitrogens with one attached hydrogen (secondary N) is 1. The molecule has 0 aliphatic carbocycles. The van der Waals surface area contributed by atoms with Gasteiger partial charge < -0.3 is 25.1 Å². The van der Waals surface area contributed by atoms with Gasteiger partial charge in [-0.25, -0.2) is 0 Å². The quantitative estimate of drug-likeness (QED) is 0.252. The maximum atomic E-state index is 12.7. The largest absolute Gasteiger partial charge is 0.618 e. The minimum Gasteiger partial charge on any atom is -0.618 e. The third-order valence-electron chi connectivity index (χ3n) is 7.52. The zero-order chi connectivity index (χ0) is 28.9. The number of piperidine rings is 1. The smallest absolute Gasteiger partial charge is 0.573 e. The average Bonchev–Trinajstić information content (AvgIpc) is 3.43. The van der Waals surface area contributed by atoms with E-state index in [-0.39, 0.29) is 23.7 Å². The second-order valence-electron chi connectivity index (χ2n) is 10.2. The molecule has 0 spiro atoms. The van der Waals surface area contributed by atoms with Gasteiger partial charge in [0.1, 0.15) is 11.3 Å². The summed E-state index contributed by atoms with van der Waals surface area (Å²) in [4.78, 5) is 17.4. The van der Waals surface area contributed by atoms with Gasteiger partial charge >= 0.3 is 6.36 Å². The second-order valence-corrected chi connectivity index (χ2v) is 11.0. The highest BCUT2D eigenvalue weighted by Gasteiger charge is 2.31. The average molecular weight is 577 g/mol. The van der Waals surface area contributed by atoms with Crippen molar-refractivity contribution < 1.29 is 27.4 Å². The van der Waals surface area contributed by atoms with Crippen LogP contribution in [0.15, 0.2) is 53.4 Å². The van der Waals surface area contributed by atoms with Crippen LogP contribution in [0.3, 0.4) is 0 Å². The molecule has 3 heterocycles. The summed E-state index contributed by atoms with van der Waals surface area (Å²) in [6.45, 7) is 8.55. The number of ether oxygens (including phenoxy) is 1. The van der Waals surface area contributed by atoms with E-state index < -0.39 is 6.36 Å². The Balaban J connectivity index is 1.33. The highest BCUT2D eigenvalue weighted by Crippen LogP contribution is 2.30. The summed E-state index contributed by atoms with van der Waals surface area (Å²) in [5, 5.41) is 19.0. The van der Waals surface area contributed by atoms with E-state index in [1.165, 1.54) is 23.9 Å². The predicted molar refractivity (Wildman–Crippen MR) is 150 cm³/mol. The van der Waals surface area contributed by atoms with Crippen molar-refractivity contribution >= 4 is 22.9 Å². The number of benzene rings is 1. The number of aromatic nitrogens is 1. The molecule has 7 nitrogen and oxygen atoms in total. The standard InChI is InChI=1S/C29H35F3N4O3S/c1-20-9-16-36(38)22(3)27(20)28(37)33-13-8-21(2)34-14-10-25(11-15-34)35(18-23-12-17-40-19-23)24-4-6-26(7-5-24)39-29(30,31)32/h4-7,9,12,16-17,19,21,25H,8,10-11,13-15,18H2,1-3H3,(H,33,37)/t21-/m1/s1. The lowest BCUT2D eigenvalue weighted by molar-refractivity contribution is -0.612. The summed E-state index contributed by atoms with van der Waals surface area (Å²) in [6, 6.07) is 10.3. The van der Waals surface area contributed by atoms with Crippen LogP contribution in [0.4, 0.5) is 18.9 Å². The van der Waals surface area contributed by atoms with E-state index >= 15 is 0 Å². The Labute approximate surface area is 236 Å². The van der Waals surface area contributed by atoms with Gasteiger partial charge in [0.05, 0.1) is 0 Å². The lowest BCUT2D eigenvalue weighted by Crippen LogP contribution is -2.48. The molecular weight excluding hydrogens is 541 g/mol. The molecule has 3 aromatic rings. The first-order valence-electron chi connectivity index (χ1n) is 13.4. The van der Waals surface area contributed by atoms with Crippen LogP contribution in [0.1, 0.15) is 53.4 Å². The number of rotatable bonds is 10. The maximum Gasteiger partial charge on any atom is 0.573 e. The topological polar surface area (TPSA) is 71.8 Å². The summed E-state index contributed by atoms with van der Waals surface area (Å²) in [7, 11) is 0. The molecule has 0 unspecified atom stereocenters. The van der Waals surface area contributed by atoms with Gasteiger partial charge in [-0.2, -0.15) is 16.1 Å². The van der Waals surface area contributed by atoms with Crippen molar-refractivity contribution in [2.24, 2.45) is 0 Å². The second kappa shape index (κ2) is 12.9. The molecule has 1 amide bonds. The van der Waals surface area contributed by atoms with E-state index in [0.717, 1.165) is 43.6 Å². The first-order chi connectivity index (χ1) is 19.0. The minimum absolute atomic E-state index is 0.229. The summed E-state index contributed by atoms with van der Waals surface area (Å²) in [5.41, 5.74) is 3.61. The Kier molecular flexibility index (Phi) is 9.57. The first-order valence-corrected chi connectivity index (χ1v) is 14.3. The van der Waals surface area contributed by atoms with E-state index in [0.29, 0.717) is 29.1 Å². The van der Waals surface area contributed by atoms with Crippen LogP contribution >= 0.6 is 11.3 Å². The van der Waals surface area contributed by atoms with Crippen molar-refractivity contribution in [1.29, 1.82) is 0 Å². The van der Waals surface area contributed by atoms with E-state index in [9.17, 15) is 23.2 Å². The van der Waals surface area contributed by atoms with Crippen LogP contribution in [0.2, 0.25) is 0 Å². The molecule has 0 radical (unpaired) electrons. The molecular formula is C29H35F3N4O3S. The number of nitrogens with zero attached hydrogens (tertiary/aromatic N) is 3. The molecule has 0 saturated carbocycles. The van der Waals surface area contributed by atoms with Crippen LogP contribution < -0.4 is 19.7 Å². The Bertz CT molecular complexity index is 1260. The van der Waals surface area contributed by atoms with Crippen LogP contribution in [0.5, 0.6) is 5.75 Å². The van der Waals surface area contributed by atoms with Gasteiger partial charge in [0, 0.05) is 56.9 Å². The monoisotopic (exact) mass is 576 g/mol. The Morgan fingerprint density at radius 2 is 1.90 bits per heavy atom. The number of alkyl halides is 3. The van der Waals surface area contributed by atoms with Crippen LogP contribution in [0.25, 0.3) is 0 Å². The number of thiophene rings is 1. The molecule has 216 valence electrons. The lowest BCUT2D eigenvalue weighted by atomic mass is 9.99. The normalized spacial score (nSPS) is 15.6. The van der Waals surface area contributed by atoms with E-state index in [1.807, 2.05) is 12.3 Å². The number of carbonyl (C=O) groups excluding carboxylic acids is 1. The number of amides is 1. The van der Waals surface area contributed by atoms with Crippen molar-refractivity contribution in [3.63, 3.8) is 0 Å². The molecule has 1 aromatic carbocycles. The molecule has 1 N–H and O–H groups in total. The summed E-state index contributed by atoms with van der Waals surface area (Å²) in [6.07, 6.45) is -0.714. The molecule has 1 fully saturated rings. The molecule has 1 saturated heterocycles. The van der Waals surface area contributed by atoms with Gasteiger partial charge in [0.25, 0.3) is 5.91 Å². The van der Waals surface area contributed by atoms with Crippen LogP contribution in [-0.4, -0.2) is 48.9 Å². The summed E-state index contributed by atoms with van der Waals surface area (Å²) >= 11 is 1.62. The number of aryl methyl sites for hydroxylation is 1. The predicted octanol–water partition coefficient (Wildman–Crippen LogP) is 5.58. The van der Waals surface area contributed by atoms with Gasteiger partial charge in [0.2, 0.25) is 5.69 Å². The molecule has 40 heavy (non-hydrogen) atoms. The Hall–Kier alpha value is -3.31. The molecule has 1 atom stereocenters. The highest BCUT2D eigenvalue weighted by molar-refractivity contribution is 7.07. The Morgan fingerprint density at radius 1 is 1.20 bits per heavy atom. The van der Waals surface area contributed by atoms with Crippen LogP contribution in [0, 0.1) is 19.1 Å². The van der Waals surface area contributed by atoms with Crippen molar-refractivity contribution in [3.05, 3.63) is 80.9 Å². The van der Waals surface area contributed by atoms with Crippen molar-refractivity contribution in [1.82, 2.24) is 10.2 Å². The van der Waals surface area contributed by atoms with Gasteiger partial charge in [-0.3, -0.25) is 4.79 Å². The third kappa shape index (κ3) is 7.66. The van der Waals surface area contributed by atoms with E-state index in [1.54, 1.807) is 36.5 Å². The SMILES string of the molecule is Cc1cc[n+]([O-])c(C)c1C(=O)NCC[C@@H](C)N1CCC(N(Cc2ccsc2)c2ccc(OC(F)(F)F)cc2)CC1. The van der Waals surface area contributed by atoms with Crippen molar-refractivity contribution in [2.75, 3.05) is 24.5 Å². The van der Waals surface area contributed by atoms with Crippen LogP contribution in [-0.2, 0) is 6.54 Å². The molecule has 11 heteroatoms. The molecule has 4 rings (SSSR count). The first kappa shape index (κ1) is 29.7. The third-order valence-corrected chi connectivity index (χ3v) is 8.25.